The summed E-state index contributed by atoms with van der Waals surface area (Å²) in [6.07, 6.45) is 3.81. The molecule has 0 aliphatic carbocycles. The van der Waals surface area contributed by atoms with Gasteiger partial charge >= 0.3 is 0 Å². The minimum atomic E-state index is -0.0372. The van der Waals surface area contributed by atoms with Crippen LogP contribution in [0.2, 0.25) is 0 Å². The van der Waals surface area contributed by atoms with Crippen molar-refractivity contribution in [2.45, 2.75) is 65.7 Å². The molecular formula is C24H30N8O. The SMILES string of the molecule is Cc1cc(C)cc(Nc2ncc3c(n2)CN([C@@H]2CCN(C(=O)c4nn[nH]c4C)[C@H](C)C2)C3)c1. The van der Waals surface area contributed by atoms with Gasteiger partial charge < -0.3 is 10.2 Å². The van der Waals surface area contributed by atoms with Gasteiger partial charge in [0.05, 0.1) is 11.4 Å². The van der Waals surface area contributed by atoms with E-state index in [9.17, 15) is 4.79 Å². The Hall–Kier alpha value is -3.33. The number of H-pyrrole nitrogens is 1. The van der Waals surface area contributed by atoms with Crippen LogP contribution >= 0.6 is 0 Å². The zero-order chi connectivity index (χ0) is 23.1. The molecule has 1 fully saturated rings. The zero-order valence-electron chi connectivity index (χ0n) is 19.6. The number of carbonyl (C=O) groups excluding carboxylic acids is 1. The molecule has 2 aromatic heterocycles. The van der Waals surface area contributed by atoms with E-state index in [-0.39, 0.29) is 11.9 Å². The molecule has 2 aliphatic heterocycles. The van der Waals surface area contributed by atoms with E-state index in [0.29, 0.717) is 23.4 Å². The van der Waals surface area contributed by atoms with Gasteiger partial charge in [0.15, 0.2) is 5.69 Å². The van der Waals surface area contributed by atoms with Crippen LogP contribution in [0.15, 0.2) is 24.4 Å². The number of anilines is 2. The molecule has 172 valence electrons. The summed E-state index contributed by atoms with van der Waals surface area (Å²) < 4.78 is 0. The van der Waals surface area contributed by atoms with Crippen LogP contribution in [0, 0.1) is 20.8 Å². The summed E-state index contributed by atoms with van der Waals surface area (Å²) in [5.74, 6) is 0.599. The first-order valence-corrected chi connectivity index (χ1v) is 11.5. The number of hydrogen-bond acceptors (Lipinski definition) is 7. The van der Waals surface area contributed by atoms with Crippen molar-refractivity contribution in [3.8, 4) is 0 Å². The average molecular weight is 447 g/mol. The zero-order valence-corrected chi connectivity index (χ0v) is 19.6. The Morgan fingerprint density at radius 3 is 2.64 bits per heavy atom. The van der Waals surface area contributed by atoms with E-state index < -0.39 is 0 Å². The minimum Gasteiger partial charge on any atom is -0.334 e. The van der Waals surface area contributed by atoms with Crippen LogP contribution in [-0.4, -0.2) is 59.7 Å². The highest BCUT2D eigenvalue weighted by Gasteiger charge is 2.36. The van der Waals surface area contributed by atoms with Gasteiger partial charge in [0.25, 0.3) is 5.91 Å². The van der Waals surface area contributed by atoms with Crippen molar-refractivity contribution in [2.24, 2.45) is 0 Å². The molecule has 4 heterocycles. The number of nitrogens with zero attached hydrogens (tertiary/aromatic N) is 6. The number of aromatic nitrogens is 5. The van der Waals surface area contributed by atoms with Crippen molar-refractivity contribution in [1.82, 2.24) is 35.2 Å². The second kappa shape index (κ2) is 8.55. The number of rotatable bonds is 4. The predicted octanol–water partition coefficient (Wildman–Crippen LogP) is 3.27. The fourth-order valence-electron chi connectivity index (χ4n) is 5.07. The Bertz CT molecular complexity index is 1170. The predicted molar refractivity (Wildman–Crippen MR) is 125 cm³/mol. The van der Waals surface area contributed by atoms with Crippen molar-refractivity contribution >= 4 is 17.5 Å². The summed E-state index contributed by atoms with van der Waals surface area (Å²) in [5.41, 5.74) is 6.84. The summed E-state index contributed by atoms with van der Waals surface area (Å²) in [6, 6.07) is 6.91. The lowest BCUT2D eigenvalue weighted by molar-refractivity contribution is 0.0454. The number of hydrogen-bond donors (Lipinski definition) is 2. The normalized spacial score (nSPS) is 20.7. The largest absolute Gasteiger partial charge is 0.334 e. The third-order valence-electron chi connectivity index (χ3n) is 6.71. The van der Waals surface area contributed by atoms with Gasteiger partial charge in [0.2, 0.25) is 5.95 Å². The van der Waals surface area contributed by atoms with E-state index in [2.05, 4.69) is 69.6 Å². The van der Waals surface area contributed by atoms with Gasteiger partial charge in [-0.1, -0.05) is 11.3 Å². The highest BCUT2D eigenvalue weighted by molar-refractivity contribution is 5.93. The number of carbonyl (C=O) groups is 1. The maximum absolute atomic E-state index is 12.9. The number of aryl methyl sites for hydroxylation is 3. The Labute approximate surface area is 193 Å². The quantitative estimate of drug-likeness (QED) is 0.634. The number of benzene rings is 1. The van der Waals surface area contributed by atoms with Crippen LogP contribution in [0.1, 0.15) is 58.3 Å². The van der Waals surface area contributed by atoms with Crippen LogP contribution < -0.4 is 5.32 Å². The van der Waals surface area contributed by atoms with Crippen molar-refractivity contribution < 1.29 is 4.79 Å². The molecule has 1 amide bonds. The van der Waals surface area contributed by atoms with Gasteiger partial charge in [-0.3, -0.25) is 14.8 Å². The number of amides is 1. The van der Waals surface area contributed by atoms with Gasteiger partial charge in [-0.15, -0.1) is 5.10 Å². The molecule has 9 nitrogen and oxygen atoms in total. The molecule has 2 N–H and O–H groups in total. The highest BCUT2D eigenvalue weighted by Crippen LogP contribution is 2.30. The summed E-state index contributed by atoms with van der Waals surface area (Å²) in [6.45, 7) is 10.5. The van der Waals surface area contributed by atoms with E-state index in [1.54, 1.807) is 0 Å². The maximum atomic E-state index is 12.9. The molecule has 0 radical (unpaired) electrons. The molecule has 33 heavy (non-hydrogen) atoms. The maximum Gasteiger partial charge on any atom is 0.276 e. The van der Waals surface area contributed by atoms with Crippen molar-refractivity contribution in [2.75, 3.05) is 11.9 Å². The molecule has 1 saturated heterocycles. The summed E-state index contributed by atoms with van der Waals surface area (Å²) in [7, 11) is 0. The molecule has 9 heteroatoms. The first kappa shape index (κ1) is 21.5. The third kappa shape index (κ3) is 4.32. The van der Waals surface area contributed by atoms with Gasteiger partial charge in [0, 0.05) is 49.2 Å². The lowest BCUT2D eigenvalue weighted by atomic mass is 9.96. The van der Waals surface area contributed by atoms with E-state index in [1.807, 2.05) is 18.0 Å². The Balaban J connectivity index is 1.23. The number of aromatic amines is 1. The number of piperidine rings is 1. The molecule has 0 unspecified atom stereocenters. The van der Waals surface area contributed by atoms with Crippen molar-refractivity contribution in [3.05, 3.63) is 58.2 Å². The third-order valence-corrected chi connectivity index (χ3v) is 6.71. The topological polar surface area (TPSA) is 103 Å². The van der Waals surface area contributed by atoms with Crippen LogP contribution in [0.5, 0.6) is 0 Å². The smallest absolute Gasteiger partial charge is 0.276 e. The van der Waals surface area contributed by atoms with Crippen molar-refractivity contribution in [3.63, 3.8) is 0 Å². The standard InChI is InChI=1S/C24H30N8O/c1-14-7-15(2)9-19(8-14)26-24-25-11-18-12-31(13-21(18)27-24)20-5-6-32(16(3)10-20)23(33)22-17(4)28-30-29-22/h7-9,11,16,20H,5-6,10,12-13H2,1-4H3,(H,25,26,27)(H,28,29,30)/t16-,20-/m1/s1. The van der Waals surface area contributed by atoms with Gasteiger partial charge in [-0.2, -0.15) is 0 Å². The minimum absolute atomic E-state index is 0.0372. The van der Waals surface area contributed by atoms with Gasteiger partial charge in [-0.05, 0) is 63.8 Å². The molecule has 0 spiro atoms. The molecule has 0 saturated carbocycles. The lowest BCUT2D eigenvalue weighted by Crippen LogP contribution is -2.50. The van der Waals surface area contributed by atoms with Gasteiger partial charge in [-0.25, -0.2) is 9.97 Å². The monoisotopic (exact) mass is 446 g/mol. The van der Waals surface area contributed by atoms with Gasteiger partial charge in [0.1, 0.15) is 0 Å². The van der Waals surface area contributed by atoms with E-state index >= 15 is 0 Å². The number of nitrogens with one attached hydrogen (secondary N) is 2. The molecule has 1 aromatic carbocycles. The van der Waals surface area contributed by atoms with Crippen molar-refractivity contribution in [1.29, 1.82) is 0 Å². The molecule has 2 atom stereocenters. The Morgan fingerprint density at radius 2 is 1.94 bits per heavy atom. The number of likely N-dealkylation sites (tertiary alicyclic amines) is 1. The highest BCUT2D eigenvalue weighted by atomic mass is 16.2. The molecule has 0 bridgehead atoms. The summed E-state index contributed by atoms with van der Waals surface area (Å²) >= 11 is 0. The average Bonchev–Trinajstić information content (AvgIpc) is 3.38. The van der Waals surface area contributed by atoms with Crippen LogP contribution in [0.3, 0.4) is 0 Å². The second-order valence-corrected chi connectivity index (χ2v) is 9.38. The van der Waals surface area contributed by atoms with Crippen LogP contribution in [0.25, 0.3) is 0 Å². The summed E-state index contributed by atoms with van der Waals surface area (Å²) in [5, 5.41) is 13.8. The van der Waals surface area contributed by atoms with Crippen LogP contribution in [0.4, 0.5) is 11.6 Å². The first-order valence-electron chi connectivity index (χ1n) is 11.5. The fraction of sp³-hybridized carbons (Fsp3) is 0.458. The fourth-order valence-corrected chi connectivity index (χ4v) is 5.07. The molecule has 3 aromatic rings. The Kier molecular flexibility index (Phi) is 5.57. The Morgan fingerprint density at radius 1 is 1.15 bits per heavy atom. The van der Waals surface area contributed by atoms with E-state index in [1.165, 1.54) is 16.7 Å². The first-order chi connectivity index (χ1) is 15.9. The lowest BCUT2D eigenvalue weighted by Gasteiger charge is -2.40. The van der Waals surface area contributed by atoms with Crippen LogP contribution in [-0.2, 0) is 13.1 Å². The van der Waals surface area contributed by atoms with E-state index in [0.717, 1.165) is 43.9 Å². The van der Waals surface area contributed by atoms with E-state index in [4.69, 9.17) is 4.98 Å². The number of fused-ring (bicyclic) bond motifs is 1. The summed E-state index contributed by atoms with van der Waals surface area (Å²) in [4.78, 5) is 26.7. The second-order valence-electron chi connectivity index (χ2n) is 9.38. The molecule has 2 aliphatic rings. The molecular weight excluding hydrogens is 416 g/mol. The molecule has 5 rings (SSSR count).